The van der Waals surface area contributed by atoms with Gasteiger partial charge in [-0.15, -0.1) is 0 Å². The van der Waals surface area contributed by atoms with Crippen LogP contribution in [0.5, 0.6) is 0 Å². The molecule has 1 rings (SSSR count). The zero-order valence-electron chi connectivity index (χ0n) is 8.62. The average Bonchev–Trinajstić information content (AvgIpc) is 2.18. The Balaban J connectivity index is 2.63. The van der Waals surface area contributed by atoms with Gasteiger partial charge >= 0.3 is 0 Å². The molecular weight excluding hydrogens is 226 g/mol. The average molecular weight is 242 g/mol. The summed E-state index contributed by atoms with van der Waals surface area (Å²) in [4.78, 5) is 0. The molecule has 7 heteroatoms. The summed E-state index contributed by atoms with van der Waals surface area (Å²) in [5.74, 6) is 0. The van der Waals surface area contributed by atoms with Crippen molar-refractivity contribution in [3.8, 4) is 0 Å². The first kappa shape index (κ1) is 12.8. The van der Waals surface area contributed by atoms with Gasteiger partial charge < -0.3 is 5.32 Å². The first-order valence-corrected chi connectivity index (χ1v) is 6.39. The highest BCUT2D eigenvalue weighted by Crippen LogP contribution is 2.15. The van der Waals surface area contributed by atoms with Crippen molar-refractivity contribution in [3.63, 3.8) is 0 Å². The molecule has 4 nitrogen and oxygen atoms in total. The van der Waals surface area contributed by atoms with Gasteiger partial charge in [-0.2, -0.15) is 4.31 Å². The van der Waals surface area contributed by atoms with Crippen molar-refractivity contribution in [2.45, 2.75) is 24.5 Å². The Hall–Kier alpha value is -0.270. The minimum Gasteiger partial charge on any atom is -0.315 e. The molecule has 15 heavy (non-hydrogen) atoms. The summed E-state index contributed by atoms with van der Waals surface area (Å²) in [6, 6.07) is 0. The lowest BCUT2D eigenvalue weighted by molar-refractivity contribution is 0.126. The third kappa shape index (κ3) is 3.35. The number of hydrogen-bond acceptors (Lipinski definition) is 3. The van der Waals surface area contributed by atoms with Gasteiger partial charge in [0.1, 0.15) is 0 Å². The standard InChI is InChI=1S/C8H16F2N2O2S/c1-12(6-8(9)10)15(13,14)7-3-2-4-11-5-7/h7-8,11H,2-6H2,1H3. The first-order valence-electron chi connectivity index (χ1n) is 4.88. The first-order chi connectivity index (χ1) is 6.94. The number of piperidine rings is 1. The Labute approximate surface area is 88.7 Å². The van der Waals surface area contributed by atoms with Crippen molar-refractivity contribution in [1.29, 1.82) is 0 Å². The van der Waals surface area contributed by atoms with Crippen LogP contribution in [0, 0.1) is 0 Å². The molecule has 0 radical (unpaired) electrons. The smallest absolute Gasteiger partial charge is 0.252 e. The molecule has 0 spiro atoms. The van der Waals surface area contributed by atoms with E-state index in [1.165, 1.54) is 7.05 Å². The quantitative estimate of drug-likeness (QED) is 0.769. The van der Waals surface area contributed by atoms with Gasteiger partial charge in [-0.1, -0.05) is 0 Å². The second kappa shape index (κ2) is 5.18. The number of sulfonamides is 1. The van der Waals surface area contributed by atoms with E-state index in [0.717, 1.165) is 17.3 Å². The van der Waals surface area contributed by atoms with Crippen LogP contribution in [0.25, 0.3) is 0 Å². The summed E-state index contributed by atoms with van der Waals surface area (Å²) in [7, 11) is -2.36. The molecule has 90 valence electrons. The second-order valence-corrected chi connectivity index (χ2v) is 6.00. The summed E-state index contributed by atoms with van der Waals surface area (Å²) in [5.41, 5.74) is 0. The number of alkyl halides is 2. The van der Waals surface area contributed by atoms with Crippen LogP contribution in [0.15, 0.2) is 0 Å². The molecule has 0 bridgehead atoms. The van der Waals surface area contributed by atoms with E-state index in [2.05, 4.69) is 5.32 Å². The van der Waals surface area contributed by atoms with E-state index < -0.39 is 28.2 Å². The van der Waals surface area contributed by atoms with Gasteiger partial charge in [-0.3, -0.25) is 0 Å². The molecule has 1 aliphatic heterocycles. The second-order valence-electron chi connectivity index (χ2n) is 3.68. The molecule has 0 aromatic carbocycles. The van der Waals surface area contributed by atoms with E-state index in [1.54, 1.807) is 0 Å². The van der Waals surface area contributed by atoms with Crippen molar-refractivity contribution < 1.29 is 17.2 Å². The summed E-state index contributed by atoms with van der Waals surface area (Å²) >= 11 is 0. The monoisotopic (exact) mass is 242 g/mol. The van der Waals surface area contributed by atoms with Crippen molar-refractivity contribution in [2.75, 3.05) is 26.7 Å². The highest BCUT2D eigenvalue weighted by Gasteiger charge is 2.31. The van der Waals surface area contributed by atoms with E-state index >= 15 is 0 Å². The molecule has 1 saturated heterocycles. The minimum atomic E-state index is -3.57. The number of rotatable bonds is 4. The molecule has 0 aromatic heterocycles. The molecule has 1 N–H and O–H groups in total. The highest BCUT2D eigenvalue weighted by atomic mass is 32.2. The van der Waals surface area contributed by atoms with Gasteiger partial charge in [0.15, 0.2) is 0 Å². The summed E-state index contributed by atoms with van der Waals surface area (Å²) < 4.78 is 48.4. The predicted octanol–water partition coefficient (Wildman–Crippen LogP) is 0.265. The van der Waals surface area contributed by atoms with Crippen molar-refractivity contribution in [1.82, 2.24) is 9.62 Å². The van der Waals surface area contributed by atoms with Crippen molar-refractivity contribution in [2.24, 2.45) is 0 Å². The third-order valence-corrected chi connectivity index (χ3v) is 4.77. The molecule has 1 atom stereocenters. The molecule has 1 aliphatic rings. The lowest BCUT2D eigenvalue weighted by Gasteiger charge is -2.27. The fraction of sp³-hybridized carbons (Fsp3) is 1.00. The maximum Gasteiger partial charge on any atom is 0.252 e. The van der Waals surface area contributed by atoms with Crippen LogP contribution < -0.4 is 5.32 Å². The molecular formula is C8H16F2N2O2S. The Kier molecular flexibility index (Phi) is 4.42. The van der Waals surface area contributed by atoms with Gasteiger partial charge in [0.05, 0.1) is 11.8 Å². The number of nitrogens with one attached hydrogen (secondary N) is 1. The largest absolute Gasteiger partial charge is 0.315 e. The van der Waals surface area contributed by atoms with E-state index in [4.69, 9.17) is 0 Å². The summed E-state index contributed by atoms with van der Waals surface area (Å²) in [6.07, 6.45) is -1.31. The fourth-order valence-electron chi connectivity index (χ4n) is 1.63. The van der Waals surface area contributed by atoms with E-state index in [1.807, 2.05) is 0 Å². The molecule has 0 saturated carbocycles. The Morgan fingerprint density at radius 2 is 2.20 bits per heavy atom. The Morgan fingerprint density at radius 3 is 2.67 bits per heavy atom. The molecule has 0 aromatic rings. The van der Waals surface area contributed by atoms with E-state index in [-0.39, 0.29) is 0 Å². The summed E-state index contributed by atoms with van der Waals surface area (Å²) in [5, 5.41) is 2.40. The zero-order valence-corrected chi connectivity index (χ0v) is 9.43. The third-order valence-electron chi connectivity index (χ3n) is 2.50. The lowest BCUT2D eigenvalue weighted by Crippen LogP contribution is -2.46. The number of nitrogens with zero attached hydrogens (tertiary/aromatic N) is 1. The maximum atomic E-state index is 12.1. The molecule has 1 heterocycles. The van der Waals surface area contributed by atoms with Crippen molar-refractivity contribution >= 4 is 10.0 Å². The van der Waals surface area contributed by atoms with Crippen LogP contribution in [-0.2, 0) is 10.0 Å². The van der Waals surface area contributed by atoms with Crippen molar-refractivity contribution in [3.05, 3.63) is 0 Å². The van der Waals surface area contributed by atoms with E-state index in [9.17, 15) is 17.2 Å². The molecule has 0 amide bonds. The van der Waals surface area contributed by atoms with Gasteiger partial charge in [0.2, 0.25) is 10.0 Å². The van der Waals surface area contributed by atoms with E-state index in [0.29, 0.717) is 13.0 Å². The van der Waals surface area contributed by atoms with Crippen LogP contribution in [0.4, 0.5) is 8.78 Å². The molecule has 1 unspecified atom stereocenters. The molecule has 0 aliphatic carbocycles. The SMILES string of the molecule is CN(CC(F)F)S(=O)(=O)C1CCCNC1. The molecule has 1 fully saturated rings. The topological polar surface area (TPSA) is 49.4 Å². The van der Waals surface area contributed by atoms with Gasteiger partial charge in [-0.25, -0.2) is 17.2 Å². The minimum absolute atomic E-state index is 0.357. The number of halogens is 2. The highest BCUT2D eigenvalue weighted by molar-refractivity contribution is 7.89. The summed E-state index contributed by atoms with van der Waals surface area (Å²) in [6.45, 7) is 0.430. The van der Waals surface area contributed by atoms with Gasteiger partial charge in [0.25, 0.3) is 6.43 Å². The Bertz CT molecular complexity index is 289. The normalized spacial score (nSPS) is 23.7. The van der Waals surface area contributed by atoms with Crippen LogP contribution in [0.1, 0.15) is 12.8 Å². The Morgan fingerprint density at radius 1 is 1.53 bits per heavy atom. The maximum absolute atomic E-state index is 12.1. The predicted molar refractivity (Wildman–Crippen MR) is 53.4 cm³/mol. The van der Waals surface area contributed by atoms with Crippen LogP contribution in [-0.4, -0.2) is 51.1 Å². The van der Waals surface area contributed by atoms with Crippen LogP contribution in [0.2, 0.25) is 0 Å². The fourth-order valence-corrected chi connectivity index (χ4v) is 3.25. The van der Waals surface area contributed by atoms with Crippen LogP contribution >= 0.6 is 0 Å². The lowest BCUT2D eigenvalue weighted by atomic mass is 10.2. The number of hydrogen-bond donors (Lipinski definition) is 1. The van der Waals surface area contributed by atoms with Crippen LogP contribution in [0.3, 0.4) is 0 Å². The van der Waals surface area contributed by atoms with Gasteiger partial charge in [-0.05, 0) is 19.4 Å². The van der Waals surface area contributed by atoms with Gasteiger partial charge in [0, 0.05) is 13.6 Å². The zero-order chi connectivity index (χ0) is 11.5.